The summed E-state index contributed by atoms with van der Waals surface area (Å²) in [5, 5.41) is 12.2. The Morgan fingerprint density at radius 3 is 2.00 bits per heavy atom. The highest BCUT2D eigenvalue weighted by atomic mass is 16.4. The predicted octanol–water partition coefficient (Wildman–Crippen LogP) is 4.22. The second kappa shape index (κ2) is 12.5. The molecule has 114 valence electrons. The lowest BCUT2D eigenvalue weighted by Gasteiger charge is -2.16. The minimum absolute atomic E-state index is 0.371. The zero-order chi connectivity index (χ0) is 14.5. The van der Waals surface area contributed by atoms with Gasteiger partial charge in [-0.05, 0) is 25.3 Å². The van der Waals surface area contributed by atoms with Gasteiger partial charge in [0.15, 0.2) is 0 Å². The standard InChI is InChI=1S/C16H33NO2/c1-4-5-6-7-8-9-10-11-12-17-15(16(18)19)13-14(2)3/h14-15,17H,4-13H2,1-3H3,(H,18,19)/t15-/m0/s1. The van der Waals surface area contributed by atoms with Gasteiger partial charge in [0.1, 0.15) is 6.04 Å². The minimum atomic E-state index is -0.715. The van der Waals surface area contributed by atoms with E-state index in [1.54, 1.807) is 0 Å². The van der Waals surface area contributed by atoms with Gasteiger partial charge in [-0.1, -0.05) is 65.7 Å². The molecule has 0 radical (unpaired) electrons. The lowest BCUT2D eigenvalue weighted by Crippen LogP contribution is -2.38. The Labute approximate surface area is 119 Å². The van der Waals surface area contributed by atoms with Gasteiger partial charge in [0.05, 0.1) is 0 Å². The van der Waals surface area contributed by atoms with E-state index >= 15 is 0 Å². The number of carbonyl (C=O) groups is 1. The zero-order valence-corrected chi connectivity index (χ0v) is 13.1. The van der Waals surface area contributed by atoms with Crippen molar-refractivity contribution in [1.82, 2.24) is 5.32 Å². The van der Waals surface area contributed by atoms with E-state index in [4.69, 9.17) is 5.11 Å². The van der Waals surface area contributed by atoms with E-state index in [1.165, 1.54) is 44.9 Å². The first-order chi connectivity index (χ1) is 9.07. The molecule has 0 aromatic rings. The lowest BCUT2D eigenvalue weighted by molar-refractivity contribution is -0.139. The van der Waals surface area contributed by atoms with Crippen molar-refractivity contribution in [1.29, 1.82) is 0 Å². The number of carboxylic acid groups (broad SMARTS) is 1. The van der Waals surface area contributed by atoms with Crippen LogP contribution in [0.2, 0.25) is 0 Å². The molecule has 0 bridgehead atoms. The average molecular weight is 271 g/mol. The molecule has 0 saturated heterocycles. The lowest BCUT2D eigenvalue weighted by atomic mass is 10.0. The van der Waals surface area contributed by atoms with Gasteiger partial charge in [-0.25, -0.2) is 0 Å². The number of rotatable bonds is 13. The Balaban J connectivity index is 3.42. The molecule has 0 aliphatic rings. The Morgan fingerprint density at radius 2 is 1.53 bits per heavy atom. The van der Waals surface area contributed by atoms with Gasteiger partial charge in [0.2, 0.25) is 0 Å². The number of nitrogens with one attached hydrogen (secondary N) is 1. The fourth-order valence-electron chi connectivity index (χ4n) is 2.28. The molecule has 3 nitrogen and oxygen atoms in total. The Kier molecular flexibility index (Phi) is 12.1. The van der Waals surface area contributed by atoms with E-state index in [9.17, 15) is 4.79 Å². The first-order valence-corrected chi connectivity index (χ1v) is 8.04. The monoisotopic (exact) mass is 271 g/mol. The molecule has 0 saturated carbocycles. The SMILES string of the molecule is CCCCCCCCCCN[C@@H](CC(C)C)C(=O)O. The Hall–Kier alpha value is -0.570. The molecule has 19 heavy (non-hydrogen) atoms. The zero-order valence-electron chi connectivity index (χ0n) is 13.1. The Morgan fingerprint density at radius 1 is 1.00 bits per heavy atom. The molecule has 0 spiro atoms. The fraction of sp³-hybridized carbons (Fsp3) is 0.938. The van der Waals surface area contributed by atoms with Crippen LogP contribution in [0.15, 0.2) is 0 Å². The second-order valence-corrected chi connectivity index (χ2v) is 5.95. The molecule has 0 aliphatic carbocycles. The van der Waals surface area contributed by atoms with Crippen LogP contribution in [-0.4, -0.2) is 23.7 Å². The van der Waals surface area contributed by atoms with E-state index in [0.29, 0.717) is 12.3 Å². The third-order valence-corrected chi connectivity index (χ3v) is 3.43. The van der Waals surface area contributed by atoms with Crippen LogP contribution in [0.25, 0.3) is 0 Å². The number of carboxylic acids is 1. The van der Waals surface area contributed by atoms with Crippen LogP contribution in [0.5, 0.6) is 0 Å². The van der Waals surface area contributed by atoms with Crippen LogP contribution >= 0.6 is 0 Å². The summed E-state index contributed by atoms with van der Waals surface area (Å²) in [6.45, 7) is 7.20. The van der Waals surface area contributed by atoms with E-state index in [-0.39, 0.29) is 6.04 Å². The van der Waals surface area contributed by atoms with Gasteiger partial charge < -0.3 is 10.4 Å². The van der Waals surface area contributed by atoms with Gasteiger partial charge in [-0.3, -0.25) is 4.79 Å². The quantitative estimate of drug-likeness (QED) is 0.493. The first-order valence-electron chi connectivity index (χ1n) is 8.04. The minimum Gasteiger partial charge on any atom is -0.480 e. The van der Waals surface area contributed by atoms with Crippen molar-refractivity contribution in [3.8, 4) is 0 Å². The summed E-state index contributed by atoms with van der Waals surface area (Å²) < 4.78 is 0. The molecule has 0 heterocycles. The Bertz CT molecular complexity index is 217. The summed E-state index contributed by atoms with van der Waals surface area (Å²) in [7, 11) is 0. The van der Waals surface area contributed by atoms with Crippen molar-refractivity contribution >= 4 is 5.97 Å². The van der Waals surface area contributed by atoms with E-state index in [1.807, 2.05) is 0 Å². The molecule has 0 unspecified atom stereocenters. The first kappa shape index (κ1) is 18.4. The number of hydrogen-bond donors (Lipinski definition) is 2. The number of aliphatic carboxylic acids is 1. The van der Waals surface area contributed by atoms with Crippen molar-refractivity contribution in [3.63, 3.8) is 0 Å². The van der Waals surface area contributed by atoms with Gasteiger partial charge >= 0.3 is 5.97 Å². The summed E-state index contributed by atoms with van der Waals surface area (Å²) in [6.07, 6.45) is 11.0. The summed E-state index contributed by atoms with van der Waals surface area (Å²) >= 11 is 0. The summed E-state index contributed by atoms with van der Waals surface area (Å²) in [6, 6.07) is -0.371. The van der Waals surface area contributed by atoms with Gasteiger partial charge in [-0.15, -0.1) is 0 Å². The van der Waals surface area contributed by atoms with Crippen molar-refractivity contribution in [2.45, 2.75) is 84.6 Å². The van der Waals surface area contributed by atoms with Gasteiger partial charge in [0.25, 0.3) is 0 Å². The number of unbranched alkanes of at least 4 members (excludes halogenated alkanes) is 7. The molecule has 0 aromatic carbocycles. The summed E-state index contributed by atoms with van der Waals surface area (Å²) in [5.41, 5.74) is 0. The molecule has 1 atom stereocenters. The van der Waals surface area contributed by atoms with E-state index in [2.05, 4.69) is 26.1 Å². The molecule has 0 rings (SSSR count). The van der Waals surface area contributed by atoms with Crippen molar-refractivity contribution in [3.05, 3.63) is 0 Å². The summed E-state index contributed by atoms with van der Waals surface area (Å²) in [5.74, 6) is -0.291. The highest BCUT2D eigenvalue weighted by Gasteiger charge is 2.17. The maximum Gasteiger partial charge on any atom is 0.320 e. The highest BCUT2D eigenvalue weighted by molar-refractivity contribution is 5.73. The average Bonchev–Trinajstić information content (AvgIpc) is 2.34. The molecule has 0 aliphatic heterocycles. The van der Waals surface area contributed by atoms with E-state index < -0.39 is 5.97 Å². The molecule has 2 N–H and O–H groups in total. The van der Waals surface area contributed by atoms with Crippen LogP contribution < -0.4 is 5.32 Å². The topological polar surface area (TPSA) is 49.3 Å². The highest BCUT2D eigenvalue weighted by Crippen LogP contribution is 2.09. The molecule has 0 fully saturated rings. The normalized spacial score (nSPS) is 12.8. The maximum atomic E-state index is 11.0. The molecule has 0 aromatic heterocycles. The van der Waals surface area contributed by atoms with Crippen LogP contribution in [-0.2, 0) is 4.79 Å². The smallest absolute Gasteiger partial charge is 0.320 e. The van der Waals surface area contributed by atoms with E-state index in [0.717, 1.165) is 13.0 Å². The second-order valence-electron chi connectivity index (χ2n) is 5.95. The van der Waals surface area contributed by atoms with Crippen molar-refractivity contribution in [2.24, 2.45) is 5.92 Å². The predicted molar refractivity (Wildman–Crippen MR) is 81.5 cm³/mol. The maximum absolute atomic E-state index is 11.0. The van der Waals surface area contributed by atoms with Crippen LogP contribution in [0.3, 0.4) is 0 Å². The van der Waals surface area contributed by atoms with Crippen molar-refractivity contribution < 1.29 is 9.90 Å². The van der Waals surface area contributed by atoms with Gasteiger partial charge in [0, 0.05) is 0 Å². The third-order valence-electron chi connectivity index (χ3n) is 3.43. The molecular formula is C16H33NO2. The third kappa shape index (κ3) is 12.2. The summed E-state index contributed by atoms with van der Waals surface area (Å²) in [4.78, 5) is 11.0. The van der Waals surface area contributed by atoms with Crippen LogP contribution in [0.1, 0.15) is 78.6 Å². The largest absolute Gasteiger partial charge is 0.480 e. The fourth-order valence-corrected chi connectivity index (χ4v) is 2.28. The molecule has 0 amide bonds. The van der Waals surface area contributed by atoms with Crippen LogP contribution in [0, 0.1) is 5.92 Å². The van der Waals surface area contributed by atoms with Gasteiger partial charge in [-0.2, -0.15) is 0 Å². The van der Waals surface area contributed by atoms with Crippen molar-refractivity contribution in [2.75, 3.05) is 6.54 Å². The number of hydrogen-bond acceptors (Lipinski definition) is 2. The molecule has 3 heteroatoms. The molecular weight excluding hydrogens is 238 g/mol. The van der Waals surface area contributed by atoms with Crippen LogP contribution in [0.4, 0.5) is 0 Å².